The van der Waals surface area contributed by atoms with Gasteiger partial charge in [0.2, 0.25) is 5.96 Å². The average Bonchev–Trinajstić information content (AvgIpc) is 2.92. The zero-order valence-corrected chi connectivity index (χ0v) is 10.9. The van der Waals surface area contributed by atoms with Crippen LogP contribution in [0.1, 0.15) is 6.42 Å². The standard InChI is InChI=1S/C12H10N4O3S/c17-9(18)5-7-10(19)15-11(13-7)16-12-14-6-3-1-2-4-8(6)20-12/h1-4,7H,5H2,(H,17,18)(H2,13,14,15,16,19)/p-1/t7-/m0/s1. The number of thiazole rings is 1. The maximum Gasteiger partial charge on any atom is 0.251 e. The zero-order chi connectivity index (χ0) is 14.1. The van der Waals surface area contributed by atoms with E-state index in [9.17, 15) is 14.7 Å². The van der Waals surface area contributed by atoms with Gasteiger partial charge in [0, 0.05) is 12.4 Å². The van der Waals surface area contributed by atoms with Crippen molar-refractivity contribution in [2.75, 3.05) is 5.32 Å². The molecule has 2 aromatic rings. The predicted octanol–water partition coefficient (Wildman–Crippen LogP) is -0.297. The van der Waals surface area contributed by atoms with E-state index in [1.165, 1.54) is 11.3 Å². The second-order valence-electron chi connectivity index (χ2n) is 4.17. The Labute approximate surface area is 117 Å². The van der Waals surface area contributed by atoms with Crippen molar-refractivity contribution in [2.45, 2.75) is 12.5 Å². The fourth-order valence-electron chi connectivity index (χ4n) is 1.83. The van der Waals surface area contributed by atoms with Crippen molar-refractivity contribution in [2.24, 2.45) is 4.99 Å². The molecule has 0 fully saturated rings. The Bertz CT molecular complexity index is 691. The van der Waals surface area contributed by atoms with Gasteiger partial charge in [0.1, 0.15) is 6.04 Å². The third-order valence-corrected chi connectivity index (χ3v) is 3.66. The molecule has 102 valence electrons. The molecule has 1 aliphatic rings. The Hall–Kier alpha value is -2.48. The largest absolute Gasteiger partial charge is 0.550 e. The summed E-state index contributed by atoms with van der Waals surface area (Å²) in [6.07, 6.45) is -0.434. The molecule has 0 spiro atoms. The molecule has 1 aliphatic heterocycles. The second kappa shape index (κ2) is 4.89. The van der Waals surface area contributed by atoms with Crippen molar-refractivity contribution in [3.8, 4) is 0 Å². The summed E-state index contributed by atoms with van der Waals surface area (Å²) in [7, 11) is 0. The number of carboxylic acids is 1. The number of nitrogens with zero attached hydrogens (tertiary/aromatic N) is 2. The number of nitrogens with one attached hydrogen (secondary N) is 2. The van der Waals surface area contributed by atoms with E-state index < -0.39 is 24.3 Å². The topological polar surface area (TPSA) is 107 Å². The first kappa shape index (κ1) is 12.5. The van der Waals surface area contributed by atoms with Crippen LogP contribution in [-0.2, 0) is 9.59 Å². The summed E-state index contributed by atoms with van der Waals surface area (Å²) in [6.45, 7) is 0. The highest BCUT2D eigenvalue weighted by molar-refractivity contribution is 7.22. The maximum atomic E-state index is 11.5. The lowest BCUT2D eigenvalue weighted by Crippen LogP contribution is -2.35. The fraction of sp³-hybridized carbons (Fsp3) is 0.167. The van der Waals surface area contributed by atoms with Crippen LogP contribution in [0.15, 0.2) is 29.3 Å². The van der Waals surface area contributed by atoms with E-state index in [1.807, 2.05) is 24.3 Å². The molecule has 20 heavy (non-hydrogen) atoms. The van der Waals surface area contributed by atoms with E-state index in [0.717, 1.165) is 10.2 Å². The zero-order valence-electron chi connectivity index (χ0n) is 10.1. The molecule has 8 heteroatoms. The highest BCUT2D eigenvalue weighted by Gasteiger charge is 2.26. The second-order valence-corrected chi connectivity index (χ2v) is 5.20. The molecule has 0 bridgehead atoms. The molecular formula is C12H9N4O3S-. The molecule has 7 nitrogen and oxygen atoms in total. The molecule has 1 aromatic heterocycles. The Morgan fingerprint density at radius 1 is 1.45 bits per heavy atom. The molecule has 2 heterocycles. The van der Waals surface area contributed by atoms with Crippen molar-refractivity contribution in [1.82, 2.24) is 10.3 Å². The minimum atomic E-state index is -1.31. The van der Waals surface area contributed by atoms with Crippen molar-refractivity contribution in [1.29, 1.82) is 0 Å². The van der Waals surface area contributed by atoms with E-state index in [1.54, 1.807) is 0 Å². The molecule has 3 rings (SSSR count). The van der Waals surface area contributed by atoms with Crippen molar-refractivity contribution in [3.63, 3.8) is 0 Å². The number of anilines is 1. The highest BCUT2D eigenvalue weighted by Crippen LogP contribution is 2.25. The summed E-state index contributed by atoms with van der Waals surface area (Å²) in [6, 6.07) is 6.67. The molecule has 1 aromatic carbocycles. The first-order valence-corrected chi connectivity index (χ1v) is 6.64. The molecule has 0 aliphatic carbocycles. The van der Waals surface area contributed by atoms with E-state index in [0.29, 0.717) is 5.13 Å². The number of aromatic nitrogens is 1. The van der Waals surface area contributed by atoms with Crippen LogP contribution in [-0.4, -0.2) is 28.9 Å². The first-order valence-electron chi connectivity index (χ1n) is 5.83. The van der Waals surface area contributed by atoms with Crippen LogP contribution in [0.25, 0.3) is 10.2 Å². The van der Waals surface area contributed by atoms with E-state index >= 15 is 0 Å². The van der Waals surface area contributed by atoms with Gasteiger partial charge in [0.25, 0.3) is 5.91 Å². The number of amides is 1. The van der Waals surface area contributed by atoms with Crippen LogP contribution in [0.3, 0.4) is 0 Å². The third-order valence-electron chi connectivity index (χ3n) is 2.71. The van der Waals surface area contributed by atoms with Crippen LogP contribution < -0.4 is 15.7 Å². The van der Waals surface area contributed by atoms with Crippen LogP contribution in [0.2, 0.25) is 0 Å². The van der Waals surface area contributed by atoms with Crippen molar-refractivity contribution in [3.05, 3.63) is 24.3 Å². The van der Waals surface area contributed by atoms with Gasteiger partial charge >= 0.3 is 0 Å². The van der Waals surface area contributed by atoms with Crippen LogP contribution in [0, 0.1) is 0 Å². The van der Waals surface area contributed by atoms with Crippen LogP contribution in [0.4, 0.5) is 5.13 Å². The Morgan fingerprint density at radius 3 is 3.00 bits per heavy atom. The van der Waals surface area contributed by atoms with Gasteiger partial charge in [0.15, 0.2) is 5.13 Å². The lowest BCUT2D eigenvalue weighted by Gasteiger charge is -2.03. The van der Waals surface area contributed by atoms with Crippen LogP contribution >= 0.6 is 11.3 Å². The summed E-state index contributed by atoms with van der Waals surface area (Å²) >= 11 is 1.42. The van der Waals surface area contributed by atoms with Gasteiger partial charge in [-0.1, -0.05) is 23.5 Å². The van der Waals surface area contributed by atoms with Crippen molar-refractivity contribution < 1.29 is 14.7 Å². The molecule has 2 N–H and O–H groups in total. The predicted molar refractivity (Wildman–Crippen MR) is 72.2 cm³/mol. The molecule has 0 radical (unpaired) electrons. The number of carbonyl (C=O) groups is 2. The quantitative estimate of drug-likeness (QED) is 0.807. The first-order chi connectivity index (χ1) is 9.61. The molecular weight excluding hydrogens is 280 g/mol. The number of aliphatic carboxylic acids is 1. The summed E-state index contributed by atoms with van der Waals surface area (Å²) in [4.78, 5) is 30.3. The summed E-state index contributed by atoms with van der Waals surface area (Å²) in [5.74, 6) is -1.56. The summed E-state index contributed by atoms with van der Waals surface area (Å²) < 4.78 is 1.01. The highest BCUT2D eigenvalue weighted by atomic mass is 32.1. The minimum Gasteiger partial charge on any atom is -0.550 e. The van der Waals surface area contributed by atoms with Crippen molar-refractivity contribution >= 4 is 44.5 Å². The Morgan fingerprint density at radius 2 is 2.25 bits per heavy atom. The summed E-state index contributed by atoms with van der Waals surface area (Å²) in [5, 5.41) is 16.4. The Balaban J connectivity index is 1.77. The number of para-hydroxylation sites is 1. The SMILES string of the molecule is O=C([O-])C[C@@H]1N=C(Nc2nc3ccccc3s2)NC1=O. The number of rotatable bonds is 3. The van der Waals surface area contributed by atoms with E-state index in [4.69, 9.17) is 0 Å². The molecule has 0 unspecified atom stereocenters. The number of guanidine groups is 1. The van der Waals surface area contributed by atoms with Gasteiger partial charge in [-0.05, 0) is 12.1 Å². The maximum absolute atomic E-state index is 11.5. The number of carboxylic acid groups (broad SMARTS) is 1. The lowest BCUT2D eigenvalue weighted by molar-refractivity contribution is -0.305. The summed E-state index contributed by atoms with van der Waals surface area (Å²) in [5.41, 5.74) is 0.844. The van der Waals surface area contributed by atoms with Gasteiger partial charge < -0.3 is 15.2 Å². The Kier molecular flexibility index (Phi) is 3.07. The fourth-order valence-corrected chi connectivity index (χ4v) is 2.70. The van der Waals surface area contributed by atoms with Gasteiger partial charge in [-0.2, -0.15) is 0 Å². The minimum absolute atomic E-state index is 0.209. The molecule has 1 amide bonds. The number of hydrogen-bond acceptors (Lipinski definition) is 7. The van der Waals surface area contributed by atoms with Crippen LogP contribution in [0.5, 0.6) is 0 Å². The van der Waals surface area contributed by atoms with E-state index in [2.05, 4.69) is 20.6 Å². The van der Waals surface area contributed by atoms with E-state index in [-0.39, 0.29) is 5.96 Å². The normalized spacial score (nSPS) is 17.9. The number of aliphatic imine (C=N–C) groups is 1. The van der Waals surface area contributed by atoms with Gasteiger partial charge in [-0.25, -0.2) is 9.98 Å². The number of hydrogen-bond donors (Lipinski definition) is 2. The molecule has 1 atom stereocenters. The number of fused-ring (bicyclic) bond motifs is 1. The van der Waals surface area contributed by atoms with Gasteiger partial charge in [0.05, 0.1) is 10.2 Å². The molecule has 0 saturated heterocycles. The van der Waals surface area contributed by atoms with Gasteiger partial charge in [-0.15, -0.1) is 0 Å². The monoisotopic (exact) mass is 289 g/mol. The smallest absolute Gasteiger partial charge is 0.251 e. The number of carbonyl (C=O) groups excluding carboxylic acids is 2. The lowest BCUT2D eigenvalue weighted by atomic mass is 10.2. The van der Waals surface area contributed by atoms with Gasteiger partial charge in [-0.3, -0.25) is 10.1 Å². The molecule has 0 saturated carbocycles. The third kappa shape index (κ3) is 2.45. The number of benzene rings is 1. The average molecular weight is 289 g/mol.